The molecule has 1 aliphatic heterocycles. The van der Waals surface area contributed by atoms with Gasteiger partial charge in [-0.3, -0.25) is 0 Å². The fraction of sp³-hybridized carbons (Fsp3) is 0.268. The molecule has 0 saturated heterocycles. The first-order valence-electron chi connectivity index (χ1n) is 28.4. The van der Waals surface area contributed by atoms with Gasteiger partial charge in [0, 0.05) is 59.1 Å². The topological polar surface area (TPSA) is 17.0 Å². The summed E-state index contributed by atoms with van der Waals surface area (Å²) < 4.78 is 5.41. The van der Waals surface area contributed by atoms with Crippen LogP contribution in [0.5, 0.6) is 0 Å². The highest BCUT2D eigenvalue weighted by Crippen LogP contribution is 2.82. The molecule has 1 spiro atoms. The molecule has 0 radical (unpaired) electrons. The summed E-state index contributed by atoms with van der Waals surface area (Å²) in [6.45, 7) is 5.21. The van der Waals surface area contributed by atoms with Crippen LogP contribution in [0.15, 0.2) is 176 Å². The maximum absolute atomic E-state index is 4.09. The van der Waals surface area contributed by atoms with Gasteiger partial charge in [-0.05, 0) is 225 Å². The number of hydrogen-bond donors (Lipinski definition) is 1. The van der Waals surface area contributed by atoms with E-state index >= 15 is 0 Å². The molecule has 3 heterocycles. The SMILES string of the molecule is CC1CC2CC3CC(c4ccc5c(c4)c4cc(C6(C)CC7CC78CC8C6)cc6c4n5-c4cc(-c5ccccc5)cc(-c5c(Nc7ccc(-c8ccccc8)cc7)ccc7sc8cc9ccccc9cc8c57)c4B6)(C1)C23. The van der Waals surface area contributed by atoms with E-state index < -0.39 is 0 Å². The molecule has 6 aliphatic carbocycles. The molecule has 362 valence electrons. The second-order valence-corrected chi connectivity index (χ2v) is 26.7. The number of nitrogens with zero attached hydrogens (tertiary/aromatic N) is 1. The number of benzene rings is 9. The van der Waals surface area contributed by atoms with Gasteiger partial charge in [-0.15, -0.1) is 11.3 Å². The molecule has 11 aromatic rings. The first-order chi connectivity index (χ1) is 36.8. The van der Waals surface area contributed by atoms with Gasteiger partial charge in [0.15, 0.2) is 7.28 Å². The average Bonchev–Trinajstić information content (AvgIpc) is 4.37. The van der Waals surface area contributed by atoms with Crippen molar-refractivity contribution in [3.8, 4) is 39.1 Å². The molecule has 18 rings (SSSR count). The fourth-order valence-corrected chi connectivity index (χ4v) is 19.2. The zero-order chi connectivity index (χ0) is 49.1. The van der Waals surface area contributed by atoms with E-state index in [2.05, 4.69) is 200 Å². The zero-order valence-electron chi connectivity index (χ0n) is 42.9. The Morgan fingerprint density at radius 1 is 0.573 bits per heavy atom. The van der Waals surface area contributed by atoms with Gasteiger partial charge in [0.1, 0.15) is 0 Å². The molecule has 7 atom stereocenters. The predicted molar refractivity (Wildman–Crippen MR) is 319 cm³/mol. The standard InChI is InChI=1S/C71H59BN2S/c1-40-25-47-26-48-35-71(34-40,66(47)48)49-19-23-60-54(31-49)55-32-50(69(2)36-51-38-70(51)39-52(70)37-69)33-58-68(55)74(60)61-29-46(42-13-7-4-8-14-42)28-57(67(61)72-58)64-59(73-53-20-17-43(18-21-53)41-11-5-3-6-12-41)22-24-62-65(64)56-27-44-15-9-10-16-45(44)30-63(56)75-62/h3-24,27-33,40,47-48,51-52,66,72-73H,25-26,34-39H2,1-2H3. The van der Waals surface area contributed by atoms with Gasteiger partial charge in [-0.1, -0.05) is 129 Å². The van der Waals surface area contributed by atoms with Crippen molar-refractivity contribution in [2.24, 2.45) is 40.9 Å². The van der Waals surface area contributed by atoms with Crippen molar-refractivity contribution < 1.29 is 0 Å². The van der Waals surface area contributed by atoms with Crippen LogP contribution in [0, 0.1) is 40.9 Å². The van der Waals surface area contributed by atoms with Crippen molar-refractivity contribution in [1.29, 1.82) is 0 Å². The molecule has 6 saturated carbocycles. The van der Waals surface area contributed by atoms with Crippen LogP contribution in [0.1, 0.15) is 76.3 Å². The molecule has 7 unspecified atom stereocenters. The van der Waals surface area contributed by atoms with Crippen LogP contribution in [0.3, 0.4) is 0 Å². The molecule has 1 N–H and O–H groups in total. The van der Waals surface area contributed by atoms with Crippen molar-refractivity contribution in [2.45, 2.75) is 76.0 Å². The first-order valence-corrected chi connectivity index (χ1v) is 29.2. The Bertz CT molecular complexity index is 4260. The Labute approximate surface area is 444 Å². The number of rotatable bonds is 7. The molecule has 9 aromatic carbocycles. The second kappa shape index (κ2) is 14.7. The Hall–Kier alpha value is -6.88. The van der Waals surface area contributed by atoms with Gasteiger partial charge in [0.25, 0.3) is 0 Å². The number of nitrogens with one attached hydrogen (secondary N) is 1. The maximum atomic E-state index is 4.09. The summed E-state index contributed by atoms with van der Waals surface area (Å²) in [7, 11) is 0.889. The van der Waals surface area contributed by atoms with E-state index in [1.54, 1.807) is 11.1 Å². The lowest BCUT2D eigenvalue weighted by atomic mass is 9.34. The maximum Gasteiger partial charge on any atom is 0.198 e. The van der Waals surface area contributed by atoms with Gasteiger partial charge < -0.3 is 9.88 Å². The molecule has 6 fully saturated rings. The van der Waals surface area contributed by atoms with Crippen molar-refractivity contribution in [3.63, 3.8) is 0 Å². The summed E-state index contributed by atoms with van der Waals surface area (Å²) in [5.74, 6) is 5.38. The van der Waals surface area contributed by atoms with Crippen molar-refractivity contribution in [3.05, 3.63) is 187 Å². The van der Waals surface area contributed by atoms with E-state index in [9.17, 15) is 0 Å². The third-order valence-electron chi connectivity index (χ3n) is 21.5. The Morgan fingerprint density at radius 3 is 2.07 bits per heavy atom. The van der Waals surface area contributed by atoms with Crippen LogP contribution < -0.4 is 16.2 Å². The van der Waals surface area contributed by atoms with Crippen molar-refractivity contribution in [2.75, 3.05) is 5.32 Å². The smallest absolute Gasteiger partial charge is 0.198 e. The average molecular weight is 983 g/mol. The Kier molecular flexibility index (Phi) is 8.32. The van der Waals surface area contributed by atoms with Crippen LogP contribution in [-0.2, 0) is 10.8 Å². The minimum Gasteiger partial charge on any atom is -0.355 e. The van der Waals surface area contributed by atoms with E-state index in [1.807, 2.05) is 11.3 Å². The van der Waals surface area contributed by atoms with Crippen molar-refractivity contribution in [1.82, 2.24) is 4.57 Å². The molecule has 75 heavy (non-hydrogen) atoms. The molecular formula is C71H59BN2S. The van der Waals surface area contributed by atoms with Crippen LogP contribution in [0.4, 0.5) is 11.4 Å². The molecule has 2 aromatic heterocycles. The third kappa shape index (κ3) is 5.88. The normalized spacial score (nSPS) is 28.2. The molecular weight excluding hydrogens is 924 g/mol. The van der Waals surface area contributed by atoms with Crippen LogP contribution in [-0.4, -0.2) is 11.8 Å². The van der Waals surface area contributed by atoms with Gasteiger partial charge in [-0.2, -0.15) is 0 Å². The number of hydrogen-bond acceptors (Lipinski definition) is 2. The summed E-state index contributed by atoms with van der Waals surface area (Å²) in [6, 6.07) is 68.2. The zero-order valence-corrected chi connectivity index (χ0v) is 43.7. The highest BCUT2D eigenvalue weighted by atomic mass is 32.1. The number of thiophene rings is 1. The lowest BCUT2D eigenvalue weighted by Gasteiger charge is -2.70. The lowest BCUT2D eigenvalue weighted by Crippen LogP contribution is -2.65. The molecule has 0 bridgehead atoms. The lowest BCUT2D eigenvalue weighted by molar-refractivity contribution is -0.159. The number of anilines is 2. The predicted octanol–water partition coefficient (Wildman–Crippen LogP) is 17.2. The number of fused-ring (bicyclic) bond motifs is 9. The van der Waals surface area contributed by atoms with E-state index in [0.717, 1.165) is 59.6 Å². The van der Waals surface area contributed by atoms with Crippen LogP contribution in [0.25, 0.3) is 91.8 Å². The van der Waals surface area contributed by atoms with Gasteiger partial charge >= 0.3 is 0 Å². The van der Waals surface area contributed by atoms with Crippen molar-refractivity contribution >= 4 is 93.7 Å². The highest BCUT2D eigenvalue weighted by molar-refractivity contribution is 7.26. The van der Waals surface area contributed by atoms with Crippen LogP contribution in [0.2, 0.25) is 0 Å². The second-order valence-electron chi connectivity index (χ2n) is 25.6. The minimum atomic E-state index is 0.192. The van der Waals surface area contributed by atoms with E-state index in [-0.39, 0.29) is 5.41 Å². The van der Waals surface area contributed by atoms with E-state index in [0.29, 0.717) is 5.41 Å². The van der Waals surface area contributed by atoms with Gasteiger partial charge in [0.2, 0.25) is 0 Å². The molecule has 4 heteroatoms. The minimum absolute atomic E-state index is 0.192. The number of aromatic nitrogens is 1. The Morgan fingerprint density at radius 2 is 1.29 bits per heavy atom. The van der Waals surface area contributed by atoms with E-state index in [4.69, 9.17) is 0 Å². The largest absolute Gasteiger partial charge is 0.355 e. The molecule has 0 amide bonds. The Balaban J connectivity index is 0.906. The summed E-state index contributed by atoms with van der Waals surface area (Å²) in [5, 5.41) is 12.3. The summed E-state index contributed by atoms with van der Waals surface area (Å²) >= 11 is 1.94. The molecule has 2 nitrogen and oxygen atoms in total. The third-order valence-corrected chi connectivity index (χ3v) is 22.6. The van der Waals surface area contributed by atoms with E-state index in [1.165, 1.54) is 154 Å². The van der Waals surface area contributed by atoms with Crippen LogP contribution >= 0.6 is 11.3 Å². The highest BCUT2D eigenvalue weighted by Gasteiger charge is 2.74. The quantitative estimate of drug-likeness (QED) is 0.158. The summed E-state index contributed by atoms with van der Waals surface area (Å²) in [4.78, 5) is 0. The van der Waals surface area contributed by atoms with Gasteiger partial charge in [-0.25, -0.2) is 0 Å². The summed E-state index contributed by atoms with van der Waals surface area (Å²) in [6.07, 6.45) is 11.3. The van der Waals surface area contributed by atoms with Gasteiger partial charge in [0.05, 0.1) is 5.52 Å². The fourth-order valence-electron chi connectivity index (χ4n) is 18.0. The first kappa shape index (κ1) is 42.4. The monoisotopic (exact) mass is 982 g/mol. The summed E-state index contributed by atoms with van der Waals surface area (Å²) in [5.41, 5.74) is 21.4. The molecule has 7 aliphatic rings.